The molecular weight excluding hydrogens is 792 g/mol. The summed E-state index contributed by atoms with van der Waals surface area (Å²) < 4.78 is 29.5. The van der Waals surface area contributed by atoms with Gasteiger partial charge in [-0.3, -0.25) is 19.2 Å². The van der Waals surface area contributed by atoms with Crippen molar-refractivity contribution >= 4 is 52.1 Å². The Balaban J connectivity index is 1.10. The first kappa shape index (κ1) is 42.3. The molecule has 60 heavy (non-hydrogen) atoms. The smallest absolute Gasteiger partial charge is 0.310 e. The lowest BCUT2D eigenvalue weighted by molar-refractivity contribution is -0.154. The Bertz CT molecular complexity index is 2080. The number of Topliss-reactive ketones (excluding diaryl/α,β-unsaturated/α-hetero) is 1. The molecule has 8 atom stereocenters. The number of rotatable bonds is 13. The number of aliphatic carboxylic acids is 1. The van der Waals surface area contributed by atoms with Crippen molar-refractivity contribution in [1.82, 2.24) is 14.9 Å². The second-order valence-corrected chi connectivity index (χ2v) is 18.4. The van der Waals surface area contributed by atoms with E-state index in [0.717, 1.165) is 51.4 Å². The van der Waals surface area contributed by atoms with E-state index in [0.29, 0.717) is 71.1 Å². The lowest BCUT2D eigenvalue weighted by atomic mass is 9.90. The number of ketones is 1. The monoisotopic (exact) mass is 848 g/mol. The number of anilines is 1. The molecule has 1 unspecified atom stereocenters. The number of carbonyl (C=O) groups excluding carboxylic acids is 3. The number of esters is 1. The number of fused-ring (bicyclic) bond motifs is 4. The summed E-state index contributed by atoms with van der Waals surface area (Å²) in [7, 11) is 1.58. The number of amides is 1. The van der Waals surface area contributed by atoms with Crippen LogP contribution in [-0.4, -0.2) is 94.8 Å². The zero-order valence-corrected chi connectivity index (χ0v) is 35.5. The first-order chi connectivity index (χ1) is 28.9. The minimum absolute atomic E-state index is 0.0633. The Kier molecular flexibility index (Phi) is 12.6. The van der Waals surface area contributed by atoms with Gasteiger partial charge in [-0.1, -0.05) is 43.7 Å². The summed E-state index contributed by atoms with van der Waals surface area (Å²) in [4.78, 5) is 66.5. The Morgan fingerprint density at radius 2 is 1.75 bits per heavy atom. The number of methoxy groups -OCH3 is 1. The molecule has 15 heteroatoms. The van der Waals surface area contributed by atoms with Gasteiger partial charge in [-0.15, -0.1) is 0 Å². The highest BCUT2D eigenvalue weighted by atomic mass is 35.5. The number of benzene rings is 1. The van der Waals surface area contributed by atoms with Crippen LogP contribution in [-0.2, 0) is 28.7 Å². The predicted molar refractivity (Wildman–Crippen MR) is 222 cm³/mol. The van der Waals surface area contributed by atoms with E-state index in [-0.39, 0.29) is 73.2 Å². The number of aromatic nitrogens is 2. The molecule has 14 nitrogen and oxygen atoms in total. The van der Waals surface area contributed by atoms with Crippen LogP contribution in [0.15, 0.2) is 28.9 Å². The summed E-state index contributed by atoms with van der Waals surface area (Å²) >= 11 is 6.96. The van der Waals surface area contributed by atoms with Crippen LogP contribution in [0.5, 0.6) is 11.5 Å². The SMILES string of the molecule is COCCOc1ccc2c(O[C@@H]3C[C@H]4C(=O)C[C@]5(C(=O)O)C[C@H]5CCCCCCC[C@H](CC(=O)OC5C[C@@H]6C[C@@H]6C5)C(=O)N4C3)cc(-c3coc(NC(C)C)n3)nc2c1Cl. The number of ether oxygens (including phenoxy) is 4. The standard InChI is InChI=1S/C45H57ClN4O10/c1-25(2)47-44-49-34(24-58-44)33-20-38(32-11-12-37(57-14-13-56-3)40(46)41(32)48-33)59-31-19-35-36(51)22-45(43(54)55)21-29(45)10-8-6-4-5-7-9-26(42(53)50(35)23-31)18-39(52)60-30-16-27-15-28(27)17-30/h11-12,20,24-31,35H,4-10,13-19,21-23H2,1-3H3,(H,47,49)(H,54,55)/t26-,27-,28+,29-,30?,31-,35+,45-/m1/s1. The molecule has 0 radical (unpaired) electrons. The van der Waals surface area contributed by atoms with Gasteiger partial charge in [0.1, 0.15) is 47.3 Å². The molecule has 0 spiro atoms. The van der Waals surface area contributed by atoms with Gasteiger partial charge in [-0.2, -0.15) is 4.98 Å². The number of nitrogens with zero attached hydrogens (tertiary/aromatic N) is 3. The molecule has 3 aliphatic carbocycles. The number of hydrogen-bond donors (Lipinski definition) is 2. The predicted octanol–water partition coefficient (Wildman–Crippen LogP) is 7.88. The fourth-order valence-corrected chi connectivity index (χ4v) is 10.2. The number of carbonyl (C=O) groups is 4. The van der Waals surface area contributed by atoms with Gasteiger partial charge in [0.15, 0.2) is 5.78 Å². The van der Waals surface area contributed by atoms with Crippen molar-refractivity contribution in [2.24, 2.45) is 29.1 Å². The third kappa shape index (κ3) is 9.24. The fraction of sp³-hybridized carbons (Fsp3) is 0.644. The summed E-state index contributed by atoms with van der Waals surface area (Å²) in [6.07, 6.45) is 9.79. The number of carboxylic acids is 1. The van der Waals surface area contributed by atoms with Gasteiger partial charge in [0.05, 0.1) is 42.2 Å². The van der Waals surface area contributed by atoms with Crippen molar-refractivity contribution in [3.63, 3.8) is 0 Å². The number of hydrogen-bond acceptors (Lipinski definition) is 12. The van der Waals surface area contributed by atoms with E-state index >= 15 is 0 Å². The maximum absolute atomic E-state index is 14.8. The number of nitrogens with one attached hydrogen (secondary N) is 1. The normalized spacial score (nSPS) is 29.3. The van der Waals surface area contributed by atoms with Crippen LogP contribution in [0.2, 0.25) is 5.02 Å². The summed E-state index contributed by atoms with van der Waals surface area (Å²) in [5.41, 5.74) is 0.1000. The van der Waals surface area contributed by atoms with Crippen LogP contribution in [0.25, 0.3) is 22.3 Å². The minimum atomic E-state index is -1.13. The summed E-state index contributed by atoms with van der Waals surface area (Å²) in [6, 6.07) is 4.73. The number of pyridine rings is 1. The Labute approximate surface area is 355 Å². The minimum Gasteiger partial charge on any atom is -0.490 e. The Hall–Kier alpha value is -4.43. The lowest BCUT2D eigenvalue weighted by Crippen LogP contribution is -2.45. The molecule has 0 bridgehead atoms. The van der Waals surface area contributed by atoms with Gasteiger partial charge in [0.25, 0.3) is 6.01 Å². The highest BCUT2D eigenvalue weighted by molar-refractivity contribution is 6.36. The molecule has 1 amide bonds. The molecule has 5 aliphatic rings. The molecule has 2 N–H and O–H groups in total. The second-order valence-electron chi connectivity index (χ2n) is 18.0. The van der Waals surface area contributed by atoms with Gasteiger partial charge in [-0.05, 0) is 82.3 Å². The van der Waals surface area contributed by atoms with Crippen LogP contribution in [0, 0.1) is 29.1 Å². The van der Waals surface area contributed by atoms with Gasteiger partial charge in [0.2, 0.25) is 5.91 Å². The zero-order valence-electron chi connectivity index (χ0n) is 34.8. The molecule has 3 aromatic rings. The number of halogens is 1. The van der Waals surface area contributed by atoms with Crippen molar-refractivity contribution in [3.8, 4) is 22.9 Å². The Morgan fingerprint density at radius 3 is 2.50 bits per heavy atom. The maximum Gasteiger partial charge on any atom is 0.310 e. The van der Waals surface area contributed by atoms with Crippen molar-refractivity contribution in [1.29, 1.82) is 0 Å². The topological polar surface area (TPSA) is 180 Å². The number of carboxylic acid groups (broad SMARTS) is 1. The van der Waals surface area contributed by atoms with E-state index in [1.807, 2.05) is 13.8 Å². The molecule has 2 saturated heterocycles. The van der Waals surface area contributed by atoms with Gasteiger partial charge >= 0.3 is 11.9 Å². The molecule has 2 aliphatic heterocycles. The molecule has 3 saturated carbocycles. The number of oxazole rings is 1. The van der Waals surface area contributed by atoms with E-state index in [2.05, 4.69) is 10.3 Å². The van der Waals surface area contributed by atoms with Crippen LogP contribution < -0.4 is 14.8 Å². The molecule has 324 valence electrons. The zero-order chi connectivity index (χ0) is 42.1. The average Bonchev–Trinajstić information content (AvgIpc) is 3.86. The highest BCUT2D eigenvalue weighted by Crippen LogP contribution is 2.58. The summed E-state index contributed by atoms with van der Waals surface area (Å²) in [5, 5.41) is 14.4. The van der Waals surface area contributed by atoms with Crippen molar-refractivity contribution in [3.05, 3.63) is 29.5 Å². The van der Waals surface area contributed by atoms with E-state index in [4.69, 9.17) is 39.9 Å². The molecule has 8 rings (SSSR count). The van der Waals surface area contributed by atoms with E-state index in [1.165, 1.54) is 12.7 Å². The van der Waals surface area contributed by atoms with E-state index in [9.17, 15) is 24.3 Å². The van der Waals surface area contributed by atoms with Crippen LogP contribution in [0.3, 0.4) is 0 Å². The molecule has 4 heterocycles. The molecular formula is C45H57ClN4O10. The fourth-order valence-electron chi connectivity index (χ4n) is 9.89. The second kappa shape index (κ2) is 17.9. The lowest BCUT2D eigenvalue weighted by Gasteiger charge is -2.29. The van der Waals surface area contributed by atoms with Gasteiger partial charge < -0.3 is 38.7 Å². The molecule has 2 aromatic heterocycles. The maximum atomic E-state index is 14.8. The van der Waals surface area contributed by atoms with Crippen molar-refractivity contribution < 1.29 is 47.6 Å². The first-order valence-corrected chi connectivity index (χ1v) is 22.2. The van der Waals surface area contributed by atoms with E-state index in [1.54, 1.807) is 30.2 Å². The van der Waals surface area contributed by atoms with Crippen molar-refractivity contribution in [2.75, 3.05) is 32.2 Å². The first-order valence-electron chi connectivity index (χ1n) is 21.8. The Morgan fingerprint density at radius 1 is 0.983 bits per heavy atom. The average molecular weight is 849 g/mol. The van der Waals surface area contributed by atoms with Gasteiger partial charge in [-0.25, -0.2) is 4.98 Å². The van der Waals surface area contributed by atoms with E-state index < -0.39 is 29.4 Å². The third-order valence-electron chi connectivity index (χ3n) is 13.3. The van der Waals surface area contributed by atoms with Crippen molar-refractivity contribution in [2.45, 2.75) is 128 Å². The van der Waals surface area contributed by atoms with Crippen LogP contribution in [0.1, 0.15) is 104 Å². The van der Waals surface area contributed by atoms with Gasteiger partial charge in [0, 0.05) is 43.4 Å². The van der Waals surface area contributed by atoms with Crippen LogP contribution in [0.4, 0.5) is 6.01 Å². The quantitative estimate of drug-likeness (QED) is 0.125. The molecule has 1 aromatic carbocycles. The summed E-state index contributed by atoms with van der Waals surface area (Å²) in [6.45, 7) is 4.63. The third-order valence-corrected chi connectivity index (χ3v) is 13.7. The highest BCUT2D eigenvalue weighted by Gasteiger charge is 2.61. The molecule has 5 fully saturated rings. The summed E-state index contributed by atoms with van der Waals surface area (Å²) in [5.74, 6) is -0.600. The van der Waals surface area contributed by atoms with Crippen LogP contribution >= 0.6 is 11.6 Å². The largest absolute Gasteiger partial charge is 0.490 e.